The molecule has 2 aromatic carbocycles. The lowest BCUT2D eigenvalue weighted by Crippen LogP contribution is -2.25. The first-order valence-corrected chi connectivity index (χ1v) is 8.09. The first kappa shape index (κ1) is 14.4. The molecular weight excluding hydrogens is 288 g/mol. The number of nitrogens with zero attached hydrogens (tertiary/aromatic N) is 2. The quantitative estimate of drug-likeness (QED) is 0.737. The Morgan fingerprint density at radius 3 is 2.96 bits per heavy atom. The third kappa shape index (κ3) is 2.54. The summed E-state index contributed by atoms with van der Waals surface area (Å²) in [6.07, 6.45) is 3.98. The Morgan fingerprint density at radius 2 is 2.04 bits per heavy atom. The molecule has 2 atom stereocenters. The molecule has 1 aliphatic heterocycles. The van der Waals surface area contributed by atoms with E-state index in [-0.39, 0.29) is 12.1 Å². The van der Waals surface area contributed by atoms with E-state index >= 15 is 0 Å². The van der Waals surface area contributed by atoms with Crippen LogP contribution in [0.1, 0.15) is 13.0 Å². The summed E-state index contributed by atoms with van der Waals surface area (Å²) in [6.45, 7) is 4.03. The summed E-state index contributed by atoms with van der Waals surface area (Å²) < 4.78 is 13.7. The molecule has 1 aliphatic rings. The smallest absolute Gasteiger partial charge is 0.140 e. The van der Waals surface area contributed by atoms with Crippen molar-refractivity contribution >= 4 is 10.8 Å². The van der Waals surface area contributed by atoms with Crippen molar-refractivity contribution in [1.29, 1.82) is 0 Å². The minimum atomic E-state index is 0.0860. The summed E-state index contributed by atoms with van der Waals surface area (Å²) in [5, 5.41) is 2.44. The molecule has 118 valence electrons. The van der Waals surface area contributed by atoms with Gasteiger partial charge in [-0.3, -0.25) is 0 Å². The summed E-state index contributed by atoms with van der Waals surface area (Å²) in [7, 11) is 0. The molecule has 4 heteroatoms. The average Bonchev–Trinajstić information content (AvgIpc) is 3.23. The molecule has 0 spiro atoms. The summed E-state index contributed by atoms with van der Waals surface area (Å²) in [6, 6.07) is 14.9. The fourth-order valence-corrected chi connectivity index (χ4v) is 3.37. The number of hydrogen-bond acceptors (Lipinski definition) is 3. The predicted octanol–water partition coefficient (Wildman–Crippen LogP) is 3.68. The molecule has 0 unspecified atom stereocenters. The van der Waals surface area contributed by atoms with E-state index in [1.165, 1.54) is 10.8 Å². The lowest BCUT2D eigenvalue weighted by molar-refractivity contribution is 0.0364. The Kier molecular flexibility index (Phi) is 3.85. The van der Waals surface area contributed by atoms with Gasteiger partial charge in [-0.25, -0.2) is 4.98 Å². The van der Waals surface area contributed by atoms with Crippen molar-refractivity contribution in [3.63, 3.8) is 0 Å². The summed E-state index contributed by atoms with van der Waals surface area (Å²) in [5.74, 6) is 0.974. The van der Waals surface area contributed by atoms with E-state index in [9.17, 15) is 0 Å². The topological polar surface area (TPSA) is 36.3 Å². The second kappa shape index (κ2) is 6.14. The van der Waals surface area contributed by atoms with Crippen LogP contribution in [0.2, 0.25) is 0 Å². The molecule has 1 aromatic heterocycles. The first-order chi connectivity index (χ1) is 11.4. The Morgan fingerprint density at radius 1 is 1.17 bits per heavy atom. The Balaban J connectivity index is 1.80. The van der Waals surface area contributed by atoms with Gasteiger partial charge in [-0.1, -0.05) is 42.5 Å². The molecule has 0 radical (unpaired) electrons. The maximum atomic E-state index is 5.84. The first-order valence-electron chi connectivity index (χ1n) is 8.09. The molecule has 4 nitrogen and oxygen atoms in total. The van der Waals surface area contributed by atoms with E-state index in [1.807, 2.05) is 19.3 Å². The Labute approximate surface area is 135 Å². The fourth-order valence-electron chi connectivity index (χ4n) is 3.37. The van der Waals surface area contributed by atoms with Gasteiger partial charge >= 0.3 is 0 Å². The van der Waals surface area contributed by atoms with Crippen LogP contribution in [0, 0.1) is 0 Å². The van der Waals surface area contributed by atoms with Crippen LogP contribution in [-0.2, 0) is 9.47 Å². The zero-order chi connectivity index (χ0) is 15.6. The van der Waals surface area contributed by atoms with Crippen LogP contribution >= 0.6 is 0 Å². The van der Waals surface area contributed by atoms with Gasteiger partial charge in [-0.15, -0.1) is 0 Å². The van der Waals surface area contributed by atoms with Crippen molar-refractivity contribution in [2.75, 3.05) is 19.8 Å². The monoisotopic (exact) mass is 308 g/mol. The SMILES string of the molecule is CCO[C@H]1COC[C@@H]1n1ccnc1-c1cccc2ccccc12. The van der Waals surface area contributed by atoms with Crippen LogP contribution in [0.15, 0.2) is 54.9 Å². The van der Waals surface area contributed by atoms with Gasteiger partial charge in [0.15, 0.2) is 0 Å². The highest BCUT2D eigenvalue weighted by Crippen LogP contribution is 2.32. The number of hydrogen-bond donors (Lipinski definition) is 0. The van der Waals surface area contributed by atoms with Crippen molar-refractivity contribution in [3.8, 4) is 11.4 Å². The van der Waals surface area contributed by atoms with Gasteiger partial charge in [0.1, 0.15) is 11.9 Å². The highest BCUT2D eigenvalue weighted by molar-refractivity contribution is 5.95. The lowest BCUT2D eigenvalue weighted by atomic mass is 10.0. The summed E-state index contributed by atoms with van der Waals surface area (Å²) in [4.78, 5) is 4.63. The van der Waals surface area contributed by atoms with Crippen molar-refractivity contribution in [2.45, 2.75) is 19.1 Å². The van der Waals surface area contributed by atoms with Crippen LogP contribution in [0.3, 0.4) is 0 Å². The standard InChI is InChI=1S/C19H20N2O2/c1-2-23-18-13-22-12-17(18)21-11-10-20-19(21)16-9-5-7-14-6-3-4-8-15(14)16/h3-11,17-18H,2,12-13H2,1H3/t17-,18-/m0/s1. The number of benzene rings is 2. The Bertz CT molecular complexity index is 806. The second-order valence-electron chi connectivity index (χ2n) is 5.78. The van der Waals surface area contributed by atoms with Gasteiger partial charge in [0.2, 0.25) is 0 Å². The maximum Gasteiger partial charge on any atom is 0.140 e. The van der Waals surface area contributed by atoms with Gasteiger partial charge < -0.3 is 14.0 Å². The largest absolute Gasteiger partial charge is 0.376 e. The number of aromatic nitrogens is 2. The van der Waals surface area contributed by atoms with Gasteiger partial charge in [0.05, 0.1) is 19.3 Å². The average molecular weight is 308 g/mol. The van der Waals surface area contributed by atoms with Crippen LogP contribution in [0.4, 0.5) is 0 Å². The minimum absolute atomic E-state index is 0.0860. The van der Waals surface area contributed by atoms with Gasteiger partial charge in [-0.05, 0) is 17.7 Å². The second-order valence-corrected chi connectivity index (χ2v) is 5.78. The van der Waals surface area contributed by atoms with Crippen molar-refractivity contribution in [1.82, 2.24) is 9.55 Å². The predicted molar refractivity (Wildman–Crippen MR) is 90.4 cm³/mol. The number of imidazole rings is 1. The highest BCUT2D eigenvalue weighted by atomic mass is 16.5. The third-order valence-corrected chi connectivity index (χ3v) is 4.44. The van der Waals surface area contributed by atoms with E-state index in [0.717, 1.165) is 11.4 Å². The zero-order valence-corrected chi connectivity index (χ0v) is 13.2. The molecule has 1 fully saturated rings. The molecule has 0 bridgehead atoms. The molecule has 0 N–H and O–H groups in total. The van der Waals surface area contributed by atoms with E-state index in [4.69, 9.17) is 9.47 Å². The van der Waals surface area contributed by atoms with E-state index in [1.54, 1.807) is 0 Å². The molecule has 23 heavy (non-hydrogen) atoms. The number of fused-ring (bicyclic) bond motifs is 1. The minimum Gasteiger partial charge on any atom is -0.376 e. The van der Waals surface area contributed by atoms with Gasteiger partial charge in [-0.2, -0.15) is 0 Å². The molecule has 0 aliphatic carbocycles. The number of ether oxygens (including phenoxy) is 2. The molecule has 4 rings (SSSR count). The summed E-state index contributed by atoms with van der Waals surface area (Å²) >= 11 is 0. The Hall–Kier alpha value is -2.17. The maximum absolute atomic E-state index is 5.84. The van der Waals surface area contributed by atoms with Crippen molar-refractivity contribution in [2.24, 2.45) is 0 Å². The van der Waals surface area contributed by atoms with Crippen molar-refractivity contribution < 1.29 is 9.47 Å². The van der Waals surface area contributed by atoms with Crippen LogP contribution < -0.4 is 0 Å². The molecule has 2 heterocycles. The molecule has 3 aromatic rings. The molecular formula is C19H20N2O2. The van der Waals surface area contributed by atoms with Crippen LogP contribution in [-0.4, -0.2) is 35.5 Å². The van der Waals surface area contributed by atoms with Crippen LogP contribution in [0.5, 0.6) is 0 Å². The molecule has 0 amide bonds. The van der Waals surface area contributed by atoms with E-state index in [2.05, 4.69) is 52.0 Å². The van der Waals surface area contributed by atoms with Crippen LogP contribution in [0.25, 0.3) is 22.2 Å². The van der Waals surface area contributed by atoms with Gasteiger partial charge in [0, 0.05) is 24.6 Å². The van der Waals surface area contributed by atoms with E-state index in [0.29, 0.717) is 19.8 Å². The fraction of sp³-hybridized carbons (Fsp3) is 0.316. The van der Waals surface area contributed by atoms with Crippen molar-refractivity contribution in [3.05, 3.63) is 54.9 Å². The highest BCUT2D eigenvalue weighted by Gasteiger charge is 2.31. The molecule has 0 saturated carbocycles. The van der Waals surface area contributed by atoms with Gasteiger partial charge in [0.25, 0.3) is 0 Å². The normalized spacial score (nSPS) is 21.1. The zero-order valence-electron chi connectivity index (χ0n) is 13.2. The third-order valence-electron chi connectivity index (χ3n) is 4.44. The number of rotatable bonds is 4. The lowest BCUT2D eigenvalue weighted by Gasteiger charge is -2.21. The summed E-state index contributed by atoms with van der Waals surface area (Å²) in [5.41, 5.74) is 1.15. The van der Waals surface area contributed by atoms with E-state index < -0.39 is 0 Å². The molecule has 1 saturated heterocycles.